The Morgan fingerprint density at radius 2 is 1.75 bits per heavy atom. The maximum absolute atomic E-state index is 11.6. The summed E-state index contributed by atoms with van der Waals surface area (Å²) in [5, 5.41) is 0. The van der Waals surface area contributed by atoms with Crippen molar-refractivity contribution in [1.82, 2.24) is 0 Å². The highest BCUT2D eigenvalue weighted by Crippen LogP contribution is 2.30. The van der Waals surface area contributed by atoms with E-state index in [9.17, 15) is 4.79 Å². The minimum Gasteiger partial charge on any atom is -0.463 e. The highest BCUT2D eigenvalue weighted by atomic mass is 16.5. The smallest absolute Gasteiger partial charge is 0.331 e. The Bertz CT molecular complexity index is 416. The highest BCUT2D eigenvalue weighted by molar-refractivity contribution is 5.83. The second-order valence-electron chi connectivity index (χ2n) is 7.22. The van der Waals surface area contributed by atoms with Crippen molar-refractivity contribution >= 4 is 5.97 Å². The zero-order valence-corrected chi connectivity index (χ0v) is 16.4. The first-order chi connectivity index (χ1) is 11.6. The number of allylic oxidation sites excluding steroid dienone is 3. The molecule has 1 unspecified atom stereocenters. The van der Waals surface area contributed by atoms with Gasteiger partial charge in [-0.25, -0.2) is 4.79 Å². The van der Waals surface area contributed by atoms with Crippen LogP contribution in [0, 0.1) is 11.8 Å². The molecule has 0 saturated heterocycles. The molecule has 0 saturated carbocycles. The van der Waals surface area contributed by atoms with E-state index in [4.69, 9.17) is 4.74 Å². The van der Waals surface area contributed by atoms with Crippen molar-refractivity contribution in [3.05, 3.63) is 23.3 Å². The van der Waals surface area contributed by atoms with Gasteiger partial charge in [-0.2, -0.15) is 0 Å². The lowest BCUT2D eigenvalue weighted by atomic mass is 9.84. The van der Waals surface area contributed by atoms with Crippen molar-refractivity contribution in [2.45, 2.75) is 91.9 Å². The van der Waals surface area contributed by atoms with Crippen molar-refractivity contribution in [1.29, 1.82) is 0 Å². The second-order valence-corrected chi connectivity index (χ2v) is 7.22. The Balaban J connectivity index is 2.51. The van der Waals surface area contributed by atoms with Gasteiger partial charge in [0, 0.05) is 6.08 Å². The van der Waals surface area contributed by atoms with E-state index in [0.29, 0.717) is 6.61 Å². The fourth-order valence-electron chi connectivity index (χ4n) is 3.75. The van der Waals surface area contributed by atoms with Gasteiger partial charge in [0.1, 0.15) is 0 Å². The minimum absolute atomic E-state index is 0.192. The van der Waals surface area contributed by atoms with Crippen molar-refractivity contribution < 1.29 is 9.53 Å². The fourth-order valence-corrected chi connectivity index (χ4v) is 3.75. The molecule has 0 amide bonds. The molecule has 1 aliphatic carbocycles. The van der Waals surface area contributed by atoms with Crippen LogP contribution in [-0.4, -0.2) is 12.6 Å². The molecular formula is C22H38O2. The minimum atomic E-state index is -0.192. The van der Waals surface area contributed by atoms with Crippen LogP contribution in [0.1, 0.15) is 91.9 Å². The molecule has 1 rings (SSSR count). The molecule has 2 heteroatoms. The molecular weight excluding hydrogens is 296 g/mol. The topological polar surface area (TPSA) is 26.3 Å². The highest BCUT2D eigenvalue weighted by Gasteiger charge is 2.14. The molecule has 24 heavy (non-hydrogen) atoms. The van der Waals surface area contributed by atoms with Gasteiger partial charge in [-0.1, -0.05) is 70.9 Å². The lowest BCUT2D eigenvalue weighted by Gasteiger charge is -2.21. The molecule has 0 radical (unpaired) electrons. The summed E-state index contributed by atoms with van der Waals surface area (Å²) >= 11 is 0. The van der Waals surface area contributed by atoms with Crippen LogP contribution >= 0.6 is 0 Å². The normalized spacial score (nSPS) is 17.9. The predicted octanol–water partition coefficient (Wildman–Crippen LogP) is 6.61. The molecule has 0 aromatic heterocycles. The van der Waals surface area contributed by atoms with Crippen molar-refractivity contribution in [2.24, 2.45) is 11.8 Å². The molecule has 2 nitrogen and oxygen atoms in total. The van der Waals surface area contributed by atoms with Gasteiger partial charge in [-0.05, 0) is 50.0 Å². The van der Waals surface area contributed by atoms with E-state index >= 15 is 0 Å². The van der Waals surface area contributed by atoms with E-state index in [1.165, 1.54) is 63.4 Å². The molecule has 0 bridgehead atoms. The zero-order chi connectivity index (χ0) is 17.8. The van der Waals surface area contributed by atoms with E-state index in [2.05, 4.69) is 26.8 Å². The largest absolute Gasteiger partial charge is 0.463 e. The molecule has 0 heterocycles. The number of carbonyl (C=O) groups is 1. The van der Waals surface area contributed by atoms with Gasteiger partial charge >= 0.3 is 5.97 Å². The van der Waals surface area contributed by atoms with Crippen molar-refractivity contribution in [2.75, 3.05) is 6.61 Å². The van der Waals surface area contributed by atoms with Crippen LogP contribution in [0.2, 0.25) is 0 Å². The van der Waals surface area contributed by atoms with Crippen LogP contribution in [0.5, 0.6) is 0 Å². The third-order valence-corrected chi connectivity index (χ3v) is 5.45. The number of hydrogen-bond donors (Lipinski definition) is 0. The van der Waals surface area contributed by atoms with Gasteiger partial charge in [0.15, 0.2) is 0 Å². The third-order valence-electron chi connectivity index (χ3n) is 5.45. The Morgan fingerprint density at radius 3 is 2.38 bits per heavy atom. The van der Waals surface area contributed by atoms with E-state index < -0.39 is 0 Å². The standard InChI is InChI=1S/C22H38O2/c1-5-18(6-2)11-9-12-19(7-3)15-20-13-10-14-21(16-20)17-22(23)24-8-4/h16-19H,5-15H2,1-4H3/b21-17+. The molecule has 0 spiro atoms. The summed E-state index contributed by atoms with van der Waals surface area (Å²) in [6.07, 6.45) is 16.5. The molecule has 1 atom stereocenters. The van der Waals surface area contributed by atoms with Crippen LogP contribution in [0.25, 0.3) is 0 Å². The summed E-state index contributed by atoms with van der Waals surface area (Å²) in [5.41, 5.74) is 2.69. The summed E-state index contributed by atoms with van der Waals surface area (Å²) in [4.78, 5) is 11.6. The summed E-state index contributed by atoms with van der Waals surface area (Å²) in [5.74, 6) is 1.52. The van der Waals surface area contributed by atoms with Gasteiger partial charge in [0.2, 0.25) is 0 Å². The van der Waals surface area contributed by atoms with Gasteiger partial charge in [0.05, 0.1) is 6.61 Å². The van der Waals surface area contributed by atoms with Crippen LogP contribution < -0.4 is 0 Å². The first kappa shape index (κ1) is 21.0. The number of hydrogen-bond acceptors (Lipinski definition) is 2. The van der Waals surface area contributed by atoms with Gasteiger partial charge in [-0.3, -0.25) is 0 Å². The summed E-state index contributed by atoms with van der Waals surface area (Å²) in [7, 11) is 0. The number of esters is 1. The maximum atomic E-state index is 11.6. The van der Waals surface area contributed by atoms with Crippen molar-refractivity contribution in [3.63, 3.8) is 0 Å². The molecule has 0 fully saturated rings. The third kappa shape index (κ3) is 8.17. The summed E-state index contributed by atoms with van der Waals surface area (Å²) in [6.45, 7) is 9.26. The predicted molar refractivity (Wildman–Crippen MR) is 103 cm³/mol. The SMILES string of the molecule is CCOC(=O)/C=C1/C=C(CC(CC)CCCC(CC)CC)CCC1. The lowest BCUT2D eigenvalue weighted by Crippen LogP contribution is -2.07. The molecule has 0 aliphatic heterocycles. The number of rotatable bonds is 11. The van der Waals surface area contributed by atoms with E-state index in [-0.39, 0.29) is 5.97 Å². The van der Waals surface area contributed by atoms with Crippen LogP contribution in [0.15, 0.2) is 23.3 Å². The van der Waals surface area contributed by atoms with Gasteiger partial charge in [0.25, 0.3) is 0 Å². The molecule has 0 aromatic rings. The van der Waals surface area contributed by atoms with Gasteiger partial charge in [-0.15, -0.1) is 0 Å². The zero-order valence-electron chi connectivity index (χ0n) is 16.4. The Kier molecular flexibility index (Phi) is 10.8. The van der Waals surface area contributed by atoms with E-state index in [1.54, 1.807) is 6.08 Å². The number of ether oxygens (including phenoxy) is 1. The second kappa shape index (κ2) is 12.3. The maximum Gasteiger partial charge on any atom is 0.331 e. The molecule has 138 valence electrons. The average Bonchev–Trinajstić information content (AvgIpc) is 2.58. The Labute approximate surface area is 149 Å². The Hall–Kier alpha value is -1.05. The summed E-state index contributed by atoms with van der Waals surface area (Å²) < 4.78 is 5.03. The quantitative estimate of drug-likeness (QED) is 0.314. The van der Waals surface area contributed by atoms with Crippen LogP contribution in [-0.2, 0) is 9.53 Å². The lowest BCUT2D eigenvalue weighted by molar-refractivity contribution is -0.137. The van der Waals surface area contributed by atoms with Crippen LogP contribution in [0.3, 0.4) is 0 Å². The fraction of sp³-hybridized carbons (Fsp3) is 0.773. The molecule has 0 aromatic carbocycles. The molecule has 1 aliphatic rings. The van der Waals surface area contributed by atoms with Crippen molar-refractivity contribution in [3.8, 4) is 0 Å². The molecule has 0 N–H and O–H groups in total. The first-order valence-corrected chi connectivity index (χ1v) is 10.2. The van der Waals surface area contributed by atoms with Gasteiger partial charge < -0.3 is 4.74 Å². The summed E-state index contributed by atoms with van der Waals surface area (Å²) in [6, 6.07) is 0. The number of carbonyl (C=O) groups excluding carboxylic acids is 1. The van der Waals surface area contributed by atoms with E-state index in [0.717, 1.165) is 23.8 Å². The first-order valence-electron chi connectivity index (χ1n) is 10.2. The monoisotopic (exact) mass is 334 g/mol. The van der Waals surface area contributed by atoms with E-state index in [1.807, 2.05) is 6.92 Å². The average molecular weight is 335 g/mol. The van der Waals surface area contributed by atoms with Crippen LogP contribution in [0.4, 0.5) is 0 Å². The Morgan fingerprint density at radius 1 is 1.08 bits per heavy atom.